The summed E-state index contributed by atoms with van der Waals surface area (Å²) in [6.07, 6.45) is 0.595. The molecule has 0 aliphatic rings. The fraction of sp³-hybridized carbons (Fsp3) is 0.833. The Morgan fingerprint density at radius 1 is 0.950 bits per heavy atom. The number of hydrogen-bond acceptors (Lipinski definition) is 7. The van der Waals surface area contributed by atoms with Crippen molar-refractivity contribution < 1.29 is 28.5 Å². The number of aldehydes is 1. The van der Waals surface area contributed by atoms with Crippen molar-refractivity contribution in [1.82, 2.24) is 5.32 Å². The van der Waals surface area contributed by atoms with Gasteiger partial charge in [0.25, 0.3) is 0 Å². The van der Waals surface area contributed by atoms with Gasteiger partial charge in [-0.15, -0.1) is 0 Å². The molecule has 0 aromatic rings. The van der Waals surface area contributed by atoms with Crippen LogP contribution in [0.15, 0.2) is 0 Å². The number of nitrogens with two attached hydrogens (primary N) is 1. The van der Waals surface area contributed by atoms with E-state index in [1.54, 1.807) is 0 Å². The summed E-state index contributed by atoms with van der Waals surface area (Å²) in [5.74, 6) is -0.274. The zero-order valence-electron chi connectivity index (χ0n) is 11.7. The smallest absolute Gasteiger partial charge is 0.246 e. The highest BCUT2D eigenvalue weighted by Crippen LogP contribution is 1.81. The number of hydrogen-bond donors (Lipinski definition) is 2. The molecule has 0 rings (SSSR count). The third-order valence-electron chi connectivity index (χ3n) is 1.99. The van der Waals surface area contributed by atoms with Crippen LogP contribution in [0, 0.1) is 0 Å². The Labute approximate surface area is 118 Å². The lowest BCUT2D eigenvalue weighted by Gasteiger charge is -2.07. The van der Waals surface area contributed by atoms with Crippen molar-refractivity contribution in [3.05, 3.63) is 0 Å². The first-order chi connectivity index (χ1) is 9.81. The van der Waals surface area contributed by atoms with Gasteiger partial charge in [-0.05, 0) is 0 Å². The van der Waals surface area contributed by atoms with Gasteiger partial charge >= 0.3 is 0 Å². The molecule has 0 bridgehead atoms. The van der Waals surface area contributed by atoms with Gasteiger partial charge in [-0.2, -0.15) is 0 Å². The van der Waals surface area contributed by atoms with Crippen LogP contribution in [0.4, 0.5) is 0 Å². The number of amides is 1. The normalized spacial score (nSPS) is 10.4. The Kier molecular flexibility index (Phi) is 15.1. The maximum absolute atomic E-state index is 11.1. The van der Waals surface area contributed by atoms with Crippen LogP contribution >= 0.6 is 0 Å². The first kappa shape index (κ1) is 18.9. The van der Waals surface area contributed by atoms with Crippen LogP contribution in [0.25, 0.3) is 0 Å². The zero-order chi connectivity index (χ0) is 14.9. The molecule has 0 saturated carbocycles. The fourth-order valence-electron chi connectivity index (χ4n) is 1.14. The molecule has 1 amide bonds. The van der Waals surface area contributed by atoms with Gasteiger partial charge in [-0.1, -0.05) is 0 Å². The molecule has 0 radical (unpaired) electrons. The van der Waals surface area contributed by atoms with Crippen molar-refractivity contribution in [2.75, 3.05) is 65.9 Å². The predicted octanol–water partition coefficient (Wildman–Crippen LogP) is -1.67. The second-order valence-corrected chi connectivity index (χ2v) is 3.66. The molecule has 0 fully saturated rings. The van der Waals surface area contributed by atoms with Crippen LogP contribution in [-0.2, 0) is 28.5 Å². The maximum atomic E-state index is 11.1. The van der Waals surface area contributed by atoms with Crippen LogP contribution in [0.1, 0.15) is 0 Å². The van der Waals surface area contributed by atoms with Crippen molar-refractivity contribution in [3.63, 3.8) is 0 Å². The number of rotatable bonds is 15. The average molecular weight is 292 g/mol. The third kappa shape index (κ3) is 15.0. The molecular weight excluding hydrogens is 268 g/mol. The van der Waals surface area contributed by atoms with E-state index in [2.05, 4.69) is 5.32 Å². The fourth-order valence-corrected chi connectivity index (χ4v) is 1.14. The highest BCUT2D eigenvalue weighted by atomic mass is 16.5. The molecule has 0 saturated heterocycles. The predicted molar refractivity (Wildman–Crippen MR) is 71.4 cm³/mol. The molecule has 0 spiro atoms. The number of carbonyl (C=O) groups is 2. The van der Waals surface area contributed by atoms with Crippen molar-refractivity contribution in [2.45, 2.75) is 0 Å². The van der Waals surface area contributed by atoms with Gasteiger partial charge in [0.05, 0.1) is 39.6 Å². The van der Waals surface area contributed by atoms with Gasteiger partial charge in [0.2, 0.25) is 5.91 Å². The van der Waals surface area contributed by atoms with E-state index in [1.807, 2.05) is 0 Å². The highest BCUT2D eigenvalue weighted by molar-refractivity contribution is 5.77. The average Bonchev–Trinajstić information content (AvgIpc) is 2.45. The minimum atomic E-state index is -0.274. The van der Waals surface area contributed by atoms with Gasteiger partial charge in [0, 0.05) is 13.1 Å². The van der Waals surface area contributed by atoms with Crippen molar-refractivity contribution in [1.29, 1.82) is 0 Å². The molecule has 8 nitrogen and oxygen atoms in total. The molecule has 0 heterocycles. The van der Waals surface area contributed by atoms with Crippen LogP contribution in [0.5, 0.6) is 0 Å². The molecule has 3 N–H and O–H groups in total. The minimum Gasteiger partial charge on any atom is -0.378 e. The first-order valence-corrected chi connectivity index (χ1v) is 6.52. The van der Waals surface area contributed by atoms with Gasteiger partial charge < -0.3 is 34.8 Å². The Morgan fingerprint density at radius 3 is 2.15 bits per heavy atom. The van der Waals surface area contributed by atoms with E-state index in [-0.39, 0.29) is 19.1 Å². The zero-order valence-corrected chi connectivity index (χ0v) is 11.7. The number of nitrogens with one attached hydrogen (secondary N) is 1. The molecule has 20 heavy (non-hydrogen) atoms. The lowest BCUT2D eigenvalue weighted by Crippen LogP contribution is -2.31. The largest absolute Gasteiger partial charge is 0.378 e. The number of carbonyl (C=O) groups excluding carboxylic acids is 2. The second kappa shape index (κ2) is 16.0. The van der Waals surface area contributed by atoms with E-state index >= 15 is 0 Å². The second-order valence-electron chi connectivity index (χ2n) is 3.66. The van der Waals surface area contributed by atoms with Gasteiger partial charge in [-0.3, -0.25) is 4.79 Å². The molecule has 0 aliphatic carbocycles. The van der Waals surface area contributed by atoms with Gasteiger partial charge in [-0.25, -0.2) is 0 Å². The van der Waals surface area contributed by atoms with E-state index in [1.165, 1.54) is 0 Å². The summed E-state index contributed by atoms with van der Waals surface area (Å²) in [6, 6.07) is 0. The van der Waals surface area contributed by atoms with Crippen LogP contribution in [-0.4, -0.2) is 78.1 Å². The molecule has 0 aromatic carbocycles. The maximum Gasteiger partial charge on any atom is 0.246 e. The monoisotopic (exact) mass is 292 g/mol. The summed E-state index contributed by atoms with van der Waals surface area (Å²) < 4.78 is 20.3. The van der Waals surface area contributed by atoms with Crippen molar-refractivity contribution >= 4 is 12.2 Å². The van der Waals surface area contributed by atoms with Crippen molar-refractivity contribution in [3.8, 4) is 0 Å². The van der Waals surface area contributed by atoms with E-state index < -0.39 is 0 Å². The summed E-state index contributed by atoms with van der Waals surface area (Å²) in [4.78, 5) is 21.1. The lowest BCUT2D eigenvalue weighted by molar-refractivity contribution is -0.127. The summed E-state index contributed by atoms with van der Waals surface area (Å²) in [5, 5.41) is 2.59. The van der Waals surface area contributed by atoms with E-state index in [0.717, 1.165) is 0 Å². The van der Waals surface area contributed by atoms with E-state index in [0.29, 0.717) is 59.0 Å². The molecule has 0 atom stereocenters. The van der Waals surface area contributed by atoms with Gasteiger partial charge in [0.1, 0.15) is 19.5 Å². The SMILES string of the molecule is NCCOCCOCCOCCNC(=O)COCC=O. The number of ether oxygens (including phenoxy) is 4. The first-order valence-electron chi connectivity index (χ1n) is 6.52. The Balaban J connectivity index is 3.08. The summed E-state index contributed by atoms with van der Waals surface area (Å²) >= 11 is 0. The lowest BCUT2D eigenvalue weighted by atomic mass is 10.6. The summed E-state index contributed by atoms with van der Waals surface area (Å²) in [5.41, 5.74) is 5.25. The third-order valence-corrected chi connectivity index (χ3v) is 1.99. The van der Waals surface area contributed by atoms with E-state index in [9.17, 15) is 9.59 Å². The molecule has 8 heteroatoms. The highest BCUT2D eigenvalue weighted by Gasteiger charge is 1.99. The molecule has 118 valence electrons. The van der Waals surface area contributed by atoms with Crippen LogP contribution in [0.3, 0.4) is 0 Å². The van der Waals surface area contributed by atoms with Crippen LogP contribution in [0.2, 0.25) is 0 Å². The minimum absolute atomic E-state index is 0.0732. The Hall–Kier alpha value is -1.06. The Morgan fingerprint density at radius 2 is 1.55 bits per heavy atom. The molecule has 0 aliphatic heterocycles. The topological polar surface area (TPSA) is 109 Å². The quantitative estimate of drug-likeness (QED) is 0.274. The molecule has 0 aromatic heterocycles. The standard InChI is InChI=1S/C12H24N2O6/c13-1-4-17-7-9-19-10-8-18-5-2-14-12(16)11-20-6-3-15/h3H,1-2,4-11,13H2,(H,14,16). The molecular formula is C12H24N2O6. The summed E-state index contributed by atoms with van der Waals surface area (Å²) in [6.45, 7) is 3.60. The van der Waals surface area contributed by atoms with Crippen LogP contribution < -0.4 is 11.1 Å². The van der Waals surface area contributed by atoms with E-state index in [4.69, 9.17) is 24.7 Å². The Bertz CT molecular complexity index is 240. The van der Waals surface area contributed by atoms with Gasteiger partial charge in [0.15, 0.2) is 0 Å². The molecule has 0 unspecified atom stereocenters. The van der Waals surface area contributed by atoms with Crippen molar-refractivity contribution in [2.24, 2.45) is 5.73 Å². The summed E-state index contributed by atoms with van der Waals surface area (Å²) in [7, 11) is 0.